The summed E-state index contributed by atoms with van der Waals surface area (Å²) < 4.78 is 5.35. The number of hydrogen-bond donors (Lipinski definition) is 2. The van der Waals surface area contributed by atoms with Gasteiger partial charge < -0.3 is 15.6 Å². The Morgan fingerprint density at radius 1 is 1.60 bits per heavy atom. The van der Waals surface area contributed by atoms with Crippen LogP contribution in [0, 0.1) is 0 Å². The van der Waals surface area contributed by atoms with Crippen molar-refractivity contribution in [2.75, 3.05) is 24.3 Å². The lowest BCUT2D eigenvalue weighted by Gasteiger charge is -2.07. The summed E-state index contributed by atoms with van der Waals surface area (Å²) in [5.74, 6) is 0.366. The van der Waals surface area contributed by atoms with E-state index in [1.54, 1.807) is 17.8 Å². The van der Waals surface area contributed by atoms with Gasteiger partial charge in [0.25, 0.3) is 0 Å². The van der Waals surface area contributed by atoms with Crippen LogP contribution in [0.4, 0.5) is 5.69 Å². The average Bonchev–Trinajstić information content (AvgIpc) is 2.20. The number of thioether (sulfide) groups is 1. The first-order valence-electron chi connectivity index (χ1n) is 4.39. The third kappa shape index (κ3) is 3.36. The number of hydrogen-bond acceptors (Lipinski definition) is 4. The molecule has 5 heteroatoms. The van der Waals surface area contributed by atoms with Gasteiger partial charge in [0.05, 0.1) is 12.2 Å². The van der Waals surface area contributed by atoms with E-state index in [2.05, 4.69) is 0 Å². The first-order chi connectivity index (χ1) is 7.15. The van der Waals surface area contributed by atoms with Gasteiger partial charge >= 0.3 is 5.97 Å². The maximum atomic E-state index is 10.8. The van der Waals surface area contributed by atoms with Gasteiger partial charge in [-0.25, -0.2) is 4.79 Å². The van der Waals surface area contributed by atoms with Crippen LogP contribution in [0.3, 0.4) is 0 Å². The van der Waals surface area contributed by atoms with Crippen molar-refractivity contribution in [2.24, 2.45) is 0 Å². The lowest BCUT2D eigenvalue weighted by molar-refractivity contribution is 0.0697. The first-order valence-corrected chi connectivity index (χ1v) is 5.79. The predicted octanol–water partition coefficient (Wildman–Crippen LogP) is 1.71. The van der Waals surface area contributed by atoms with Gasteiger partial charge in [-0.1, -0.05) is 0 Å². The van der Waals surface area contributed by atoms with Crippen molar-refractivity contribution in [3.63, 3.8) is 0 Å². The van der Waals surface area contributed by atoms with Crippen LogP contribution in [-0.4, -0.2) is 29.7 Å². The highest BCUT2D eigenvalue weighted by Gasteiger charge is 2.08. The molecular formula is C10H13NO3S. The van der Waals surface area contributed by atoms with Gasteiger partial charge in [0.1, 0.15) is 5.75 Å². The fourth-order valence-electron chi connectivity index (χ4n) is 1.05. The van der Waals surface area contributed by atoms with Gasteiger partial charge in [-0.2, -0.15) is 11.8 Å². The minimum atomic E-state index is -1.04. The lowest BCUT2D eigenvalue weighted by Crippen LogP contribution is -2.04. The molecule has 0 aliphatic carbocycles. The minimum Gasteiger partial charge on any atom is -0.493 e. The molecule has 0 aliphatic heterocycles. The number of anilines is 1. The van der Waals surface area contributed by atoms with Crippen molar-refractivity contribution in [1.82, 2.24) is 0 Å². The van der Waals surface area contributed by atoms with E-state index in [1.165, 1.54) is 12.1 Å². The number of nitrogens with two attached hydrogens (primary N) is 1. The maximum Gasteiger partial charge on any atom is 0.337 e. The molecule has 82 valence electrons. The standard InChI is InChI=1S/C10H13NO3S/c1-15-5-4-14-7-2-3-9(11)8(6-7)10(12)13/h2-3,6H,4-5,11H2,1H3,(H,12,13). The molecule has 15 heavy (non-hydrogen) atoms. The van der Waals surface area contributed by atoms with Gasteiger partial charge in [0.2, 0.25) is 0 Å². The predicted molar refractivity (Wildman–Crippen MR) is 61.7 cm³/mol. The zero-order valence-electron chi connectivity index (χ0n) is 8.40. The summed E-state index contributed by atoms with van der Waals surface area (Å²) in [6.45, 7) is 0.560. The van der Waals surface area contributed by atoms with E-state index in [1.807, 2.05) is 6.26 Å². The van der Waals surface area contributed by atoms with Crippen molar-refractivity contribution in [3.8, 4) is 5.75 Å². The maximum absolute atomic E-state index is 10.8. The zero-order chi connectivity index (χ0) is 11.3. The number of aromatic carboxylic acids is 1. The van der Waals surface area contributed by atoms with Crippen molar-refractivity contribution >= 4 is 23.4 Å². The fourth-order valence-corrected chi connectivity index (χ4v) is 1.30. The molecule has 0 radical (unpaired) electrons. The Morgan fingerprint density at radius 3 is 2.93 bits per heavy atom. The monoisotopic (exact) mass is 227 g/mol. The molecule has 0 spiro atoms. The highest BCUT2D eigenvalue weighted by molar-refractivity contribution is 7.98. The van der Waals surface area contributed by atoms with Crippen molar-refractivity contribution in [3.05, 3.63) is 23.8 Å². The summed E-state index contributed by atoms with van der Waals surface area (Å²) in [4.78, 5) is 10.8. The number of carbonyl (C=O) groups is 1. The van der Waals surface area contributed by atoms with Crippen LogP contribution in [0.2, 0.25) is 0 Å². The first kappa shape index (κ1) is 11.7. The van der Waals surface area contributed by atoms with E-state index in [4.69, 9.17) is 15.6 Å². The van der Waals surface area contributed by atoms with E-state index >= 15 is 0 Å². The molecule has 1 rings (SSSR count). The number of carboxylic acid groups (broad SMARTS) is 1. The molecule has 0 aromatic heterocycles. The molecule has 0 aliphatic rings. The van der Waals surface area contributed by atoms with E-state index in [0.717, 1.165) is 5.75 Å². The van der Waals surface area contributed by atoms with E-state index in [-0.39, 0.29) is 11.3 Å². The molecule has 1 aromatic rings. The third-order valence-corrected chi connectivity index (χ3v) is 2.39. The number of rotatable bonds is 5. The van der Waals surface area contributed by atoms with Crippen molar-refractivity contribution < 1.29 is 14.6 Å². The van der Waals surface area contributed by atoms with Crippen LogP contribution in [0.25, 0.3) is 0 Å². The molecule has 0 atom stereocenters. The fraction of sp³-hybridized carbons (Fsp3) is 0.300. The van der Waals surface area contributed by atoms with E-state index in [9.17, 15) is 4.79 Å². The highest BCUT2D eigenvalue weighted by Crippen LogP contribution is 2.19. The number of benzene rings is 1. The SMILES string of the molecule is CSCCOc1ccc(N)c(C(=O)O)c1. The van der Waals surface area contributed by atoms with Crippen molar-refractivity contribution in [2.45, 2.75) is 0 Å². The summed E-state index contributed by atoms with van der Waals surface area (Å²) in [6, 6.07) is 4.65. The summed E-state index contributed by atoms with van der Waals surface area (Å²) in [7, 11) is 0. The van der Waals surface area contributed by atoms with Crippen LogP contribution >= 0.6 is 11.8 Å². The third-order valence-electron chi connectivity index (χ3n) is 1.81. The number of carboxylic acids is 1. The Bertz CT molecular complexity index is 355. The molecule has 0 amide bonds. The number of nitrogen functional groups attached to an aromatic ring is 1. The Labute approximate surface area is 92.4 Å². The smallest absolute Gasteiger partial charge is 0.337 e. The summed E-state index contributed by atoms with van der Waals surface area (Å²) >= 11 is 1.67. The van der Waals surface area contributed by atoms with Gasteiger partial charge in [-0.3, -0.25) is 0 Å². The van der Waals surface area contributed by atoms with E-state index in [0.29, 0.717) is 12.4 Å². The Kier molecular flexibility index (Phi) is 4.30. The largest absolute Gasteiger partial charge is 0.493 e. The molecule has 0 bridgehead atoms. The van der Waals surface area contributed by atoms with Gasteiger partial charge in [0.15, 0.2) is 0 Å². The topological polar surface area (TPSA) is 72.5 Å². The lowest BCUT2D eigenvalue weighted by atomic mass is 10.2. The van der Waals surface area contributed by atoms with Crippen molar-refractivity contribution in [1.29, 1.82) is 0 Å². The molecular weight excluding hydrogens is 214 g/mol. The Hall–Kier alpha value is -1.36. The molecule has 0 heterocycles. The summed E-state index contributed by atoms with van der Waals surface area (Å²) in [5.41, 5.74) is 5.83. The second kappa shape index (κ2) is 5.50. The minimum absolute atomic E-state index is 0.0802. The molecule has 1 aromatic carbocycles. The average molecular weight is 227 g/mol. The molecule has 4 nitrogen and oxygen atoms in total. The van der Waals surface area contributed by atoms with Gasteiger partial charge in [0, 0.05) is 11.4 Å². The molecule has 0 unspecified atom stereocenters. The Balaban J connectivity index is 2.74. The van der Waals surface area contributed by atoms with Crippen LogP contribution in [-0.2, 0) is 0 Å². The molecule has 0 fully saturated rings. The second-order valence-electron chi connectivity index (χ2n) is 2.90. The highest BCUT2D eigenvalue weighted by atomic mass is 32.2. The van der Waals surface area contributed by atoms with Crippen LogP contribution in [0.15, 0.2) is 18.2 Å². The van der Waals surface area contributed by atoms with Gasteiger partial charge in [-0.05, 0) is 24.5 Å². The second-order valence-corrected chi connectivity index (χ2v) is 3.88. The quantitative estimate of drug-likeness (QED) is 0.591. The van der Waals surface area contributed by atoms with E-state index < -0.39 is 5.97 Å². The van der Waals surface area contributed by atoms with Crippen LogP contribution in [0.1, 0.15) is 10.4 Å². The van der Waals surface area contributed by atoms with Crippen LogP contribution in [0.5, 0.6) is 5.75 Å². The van der Waals surface area contributed by atoms with Crippen LogP contribution < -0.4 is 10.5 Å². The normalized spacial score (nSPS) is 9.93. The summed E-state index contributed by atoms with van der Waals surface area (Å²) in [6.07, 6.45) is 1.98. The number of ether oxygens (including phenoxy) is 1. The molecule has 3 N–H and O–H groups in total. The summed E-state index contributed by atoms with van der Waals surface area (Å²) in [5, 5.41) is 8.82. The Morgan fingerprint density at radius 2 is 2.33 bits per heavy atom. The zero-order valence-corrected chi connectivity index (χ0v) is 9.21. The van der Waals surface area contributed by atoms with Gasteiger partial charge in [-0.15, -0.1) is 0 Å². The molecule has 0 saturated carbocycles. The molecule has 0 saturated heterocycles.